The van der Waals surface area contributed by atoms with E-state index < -0.39 is 0 Å². The van der Waals surface area contributed by atoms with Crippen LogP contribution < -0.4 is 10.6 Å². The first-order valence-electron chi connectivity index (χ1n) is 8.28. The van der Waals surface area contributed by atoms with Crippen molar-refractivity contribution in [1.29, 1.82) is 0 Å². The predicted molar refractivity (Wildman–Crippen MR) is 99.2 cm³/mol. The molecule has 1 fully saturated rings. The first kappa shape index (κ1) is 18.1. The van der Waals surface area contributed by atoms with Crippen LogP contribution in [0.25, 0.3) is 0 Å². The summed E-state index contributed by atoms with van der Waals surface area (Å²) < 4.78 is 5.26. The Bertz CT molecular complexity index is 497. The third-order valence-corrected chi connectivity index (χ3v) is 5.47. The van der Waals surface area contributed by atoms with Gasteiger partial charge in [0.05, 0.1) is 0 Å². The molecule has 0 unspecified atom stereocenters. The van der Waals surface area contributed by atoms with Gasteiger partial charge in [-0.3, -0.25) is 4.99 Å². The molecule has 4 nitrogen and oxygen atoms in total. The number of rotatable bonds is 8. The zero-order valence-corrected chi connectivity index (χ0v) is 15.3. The van der Waals surface area contributed by atoms with Crippen LogP contribution in [0.3, 0.4) is 0 Å². The van der Waals surface area contributed by atoms with E-state index in [0.29, 0.717) is 5.41 Å². The highest BCUT2D eigenvalue weighted by molar-refractivity contribution is 7.98. The van der Waals surface area contributed by atoms with Gasteiger partial charge in [-0.1, -0.05) is 18.6 Å². The molecule has 128 valence electrons. The Hall–Kier alpha value is -1.20. The number of nitrogens with one attached hydrogen (secondary N) is 2. The quantitative estimate of drug-likeness (QED) is 0.435. The highest BCUT2D eigenvalue weighted by Crippen LogP contribution is 2.43. The minimum atomic E-state index is 0.396. The van der Waals surface area contributed by atoms with Gasteiger partial charge in [0, 0.05) is 38.7 Å². The molecule has 0 heterocycles. The summed E-state index contributed by atoms with van der Waals surface area (Å²) in [7, 11) is 3.61. The van der Waals surface area contributed by atoms with E-state index in [4.69, 9.17) is 4.74 Å². The molecule has 0 amide bonds. The zero-order valence-electron chi connectivity index (χ0n) is 14.5. The molecule has 0 saturated heterocycles. The molecular formula is C18H29N3OS. The Morgan fingerprint density at radius 3 is 2.52 bits per heavy atom. The van der Waals surface area contributed by atoms with E-state index >= 15 is 0 Å². The normalized spacial score (nSPS) is 16.7. The molecule has 1 saturated carbocycles. The predicted octanol–water partition coefficient (Wildman–Crippen LogP) is 3.28. The summed E-state index contributed by atoms with van der Waals surface area (Å²) in [5.74, 6) is 0.877. The van der Waals surface area contributed by atoms with Crippen molar-refractivity contribution in [2.45, 2.75) is 37.1 Å². The fourth-order valence-corrected chi connectivity index (χ4v) is 3.34. The number of nitrogens with zero attached hydrogens (tertiary/aromatic N) is 1. The Morgan fingerprint density at radius 2 is 2.00 bits per heavy atom. The van der Waals surface area contributed by atoms with Crippen LogP contribution in [0.2, 0.25) is 0 Å². The maximum absolute atomic E-state index is 5.26. The lowest BCUT2D eigenvalue weighted by atomic mass is 9.67. The summed E-state index contributed by atoms with van der Waals surface area (Å²) in [5, 5.41) is 6.89. The molecule has 0 aliphatic heterocycles. The summed E-state index contributed by atoms with van der Waals surface area (Å²) in [6, 6.07) is 8.65. The highest BCUT2D eigenvalue weighted by atomic mass is 32.2. The largest absolute Gasteiger partial charge is 0.385 e. The molecule has 1 aliphatic carbocycles. The van der Waals surface area contributed by atoms with Crippen molar-refractivity contribution in [3.63, 3.8) is 0 Å². The van der Waals surface area contributed by atoms with E-state index in [1.807, 2.05) is 7.05 Å². The van der Waals surface area contributed by atoms with Crippen LogP contribution in [-0.2, 0) is 11.3 Å². The fraction of sp³-hybridized carbons (Fsp3) is 0.611. The summed E-state index contributed by atoms with van der Waals surface area (Å²) in [5.41, 5.74) is 1.66. The first-order valence-corrected chi connectivity index (χ1v) is 9.50. The smallest absolute Gasteiger partial charge is 0.191 e. The van der Waals surface area contributed by atoms with Gasteiger partial charge >= 0.3 is 0 Å². The number of ether oxygens (including phenoxy) is 1. The second kappa shape index (κ2) is 9.18. The molecule has 0 radical (unpaired) electrons. The van der Waals surface area contributed by atoms with E-state index in [1.54, 1.807) is 18.9 Å². The van der Waals surface area contributed by atoms with Crippen LogP contribution in [0.5, 0.6) is 0 Å². The Morgan fingerprint density at radius 1 is 1.26 bits per heavy atom. The van der Waals surface area contributed by atoms with E-state index in [2.05, 4.69) is 46.1 Å². The van der Waals surface area contributed by atoms with E-state index in [0.717, 1.165) is 32.1 Å². The maximum Gasteiger partial charge on any atom is 0.191 e. The lowest BCUT2D eigenvalue weighted by Gasteiger charge is -2.42. The fourth-order valence-electron chi connectivity index (χ4n) is 2.93. The van der Waals surface area contributed by atoms with Crippen LogP contribution in [0, 0.1) is 5.41 Å². The first-order chi connectivity index (χ1) is 11.2. The number of thioether (sulfide) groups is 1. The molecule has 2 N–H and O–H groups in total. The zero-order chi connectivity index (χ0) is 16.5. The van der Waals surface area contributed by atoms with Crippen LogP contribution in [0.4, 0.5) is 0 Å². The van der Waals surface area contributed by atoms with Crippen molar-refractivity contribution in [3.05, 3.63) is 29.8 Å². The van der Waals surface area contributed by atoms with Crippen molar-refractivity contribution >= 4 is 17.7 Å². The molecule has 1 aromatic rings. The molecule has 2 rings (SSSR count). The van der Waals surface area contributed by atoms with Crippen LogP contribution in [-0.4, -0.2) is 39.5 Å². The van der Waals surface area contributed by atoms with Crippen molar-refractivity contribution in [3.8, 4) is 0 Å². The lowest BCUT2D eigenvalue weighted by molar-refractivity contribution is 0.0732. The minimum absolute atomic E-state index is 0.396. The number of benzene rings is 1. The van der Waals surface area contributed by atoms with E-state index in [9.17, 15) is 0 Å². The molecule has 0 spiro atoms. The van der Waals surface area contributed by atoms with Gasteiger partial charge < -0.3 is 15.4 Å². The molecule has 0 bridgehead atoms. The van der Waals surface area contributed by atoms with Gasteiger partial charge in [0.1, 0.15) is 0 Å². The van der Waals surface area contributed by atoms with Gasteiger partial charge in [0.15, 0.2) is 5.96 Å². The molecule has 23 heavy (non-hydrogen) atoms. The molecule has 1 aliphatic rings. The molecule has 5 heteroatoms. The van der Waals surface area contributed by atoms with Crippen LogP contribution >= 0.6 is 11.8 Å². The minimum Gasteiger partial charge on any atom is -0.385 e. The van der Waals surface area contributed by atoms with Crippen molar-refractivity contribution in [1.82, 2.24) is 10.6 Å². The summed E-state index contributed by atoms with van der Waals surface area (Å²) >= 11 is 1.77. The SMILES string of the molecule is CN=C(NCc1ccc(SC)cc1)NCC1(CCOC)CCC1. The van der Waals surface area contributed by atoms with E-state index in [-0.39, 0.29) is 0 Å². The average molecular weight is 336 g/mol. The third-order valence-electron chi connectivity index (χ3n) is 4.72. The number of hydrogen-bond donors (Lipinski definition) is 2. The van der Waals surface area contributed by atoms with Gasteiger partial charge in [-0.15, -0.1) is 11.8 Å². The summed E-state index contributed by atoms with van der Waals surface area (Å²) in [6.45, 7) is 2.61. The van der Waals surface area contributed by atoms with Gasteiger partial charge in [-0.2, -0.15) is 0 Å². The van der Waals surface area contributed by atoms with Crippen LogP contribution in [0.1, 0.15) is 31.2 Å². The monoisotopic (exact) mass is 335 g/mol. The number of guanidine groups is 1. The van der Waals surface area contributed by atoms with Crippen molar-refractivity contribution < 1.29 is 4.74 Å². The van der Waals surface area contributed by atoms with Gasteiger partial charge in [-0.25, -0.2) is 0 Å². The molecule has 0 aromatic heterocycles. The number of hydrogen-bond acceptors (Lipinski definition) is 3. The second-order valence-corrected chi connectivity index (χ2v) is 7.10. The van der Waals surface area contributed by atoms with Gasteiger partial charge in [0.2, 0.25) is 0 Å². The lowest BCUT2D eigenvalue weighted by Crippen LogP contribution is -2.46. The molecule has 1 aromatic carbocycles. The average Bonchev–Trinajstić information content (AvgIpc) is 2.56. The number of methoxy groups -OCH3 is 1. The standard InChI is InChI=1S/C18H29N3OS/c1-19-17(20-13-15-5-7-16(23-3)8-6-15)21-14-18(9-4-10-18)11-12-22-2/h5-8H,4,9-14H2,1-3H3,(H2,19,20,21). The highest BCUT2D eigenvalue weighted by Gasteiger charge is 2.36. The second-order valence-electron chi connectivity index (χ2n) is 6.22. The van der Waals surface area contributed by atoms with Crippen molar-refractivity contribution in [2.24, 2.45) is 10.4 Å². The Labute approximate surface area is 144 Å². The van der Waals surface area contributed by atoms with Crippen molar-refractivity contribution in [2.75, 3.05) is 33.6 Å². The van der Waals surface area contributed by atoms with Gasteiger partial charge in [0.25, 0.3) is 0 Å². The number of aliphatic imine (C=N–C) groups is 1. The maximum atomic E-state index is 5.26. The summed E-state index contributed by atoms with van der Waals surface area (Å²) in [4.78, 5) is 5.63. The molecule has 0 atom stereocenters. The summed E-state index contributed by atoms with van der Waals surface area (Å²) in [6.07, 6.45) is 7.13. The Balaban J connectivity index is 1.78. The van der Waals surface area contributed by atoms with Gasteiger partial charge in [-0.05, 0) is 48.6 Å². The Kier molecular flexibility index (Phi) is 7.24. The topological polar surface area (TPSA) is 45.7 Å². The van der Waals surface area contributed by atoms with Crippen LogP contribution in [0.15, 0.2) is 34.2 Å². The third kappa shape index (κ3) is 5.43. The molecular weight excluding hydrogens is 306 g/mol. The van der Waals surface area contributed by atoms with E-state index in [1.165, 1.54) is 29.7 Å².